The van der Waals surface area contributed by atoms with Crippen LogP contribution >= 0.6 is 0 Å². The second-order valence-electron chi connectivity index (χ2n) is 5.92. The van der Waals surface area contributed by atoms with E-state index in [1.54, 1.807) is 0 Å². The van der Waals surface area contributed by atoms with Crippen molar-refractivity contribution in [3.8, 4) is 0 Å². The summed E-state index contributed by atoms with van der Waals surface area (Å²) in [7, 11) is 1.94. The molecule has 17 heavy (non-hydrogen) atoms. The summed E-state index contributed by atoms with van der Waals surface area (Å²) >= 11 is 0. The van der Waals surface area contributed by atoms with E-state index in [9.17, 15) is 0 Å². The van der Waals surface area contributed by atoms with E-state index >= 15 is 0 Å². The van der Waals surface area contributed by atoms with E-state index in [4.69, 9.17) is 0 Å². The van der Waals surface area contributed by atoms with Crippen molar-refractivity contribution in [3.63, 3.8) is 0 Å². The molecule has 1 rings (SSSR count). The lowest BCUT2D eigenvalue weighted by Gasteiger charge is -2.23. The Morgan fingerprint density at radius 2 is 2.12 bits per heavy atom. The van der Waals surface area contributed by atoms with Gasteiger partial charge in [-0.2, -0.15) is 5.10 Å². The minimum Gasteiger partial charge on any atom is -0.308 e. The number of aromatic nitrogens is 2. The van der Waals surface area contributed by atoms with Crippen molar-refractivity contribution < 1.29 is 0 Å². The molecule has 0 amide bonds. The van der Waals surface area contributed by atoms with Crippen molar-refractivity contribution in [2.75, 3.05) is 6.54 Å². The molecular weight excluding hydrogens is 210 g/mol. The average Bonchev–Trinajstić information content (AvgIpc) is 2.56. The largest absolute Gasteiger partial charge is 0.308 e. The Hall–Kier alpha value is -1.09. The molecule has 0 saturated heterocycles. The van der Waals surface area contributed by atoms with Crippen molar-refractivity contribution in [1.29, 1.82) is 0 Å². The van der Waals surface area contributed by atoms with Gasteiger partial charge in [0.25, 0.3) is 0 Å². The third-order valence-corrected chi connectivity index (χ3v) is 2.64. The Morgan fingerprint density at radius 3 is 2.53 bits per heavy atom. The SMILES string of the molecule is CC(C)C(=Cc1cnn(C)c1)CNC(C)(C)C. The van der Waals surface area contributed by atoms with Crippen molar-refractivity contribution >= 4 is 6.08 Å². The molecule has 0 aliphatic heterocycles. The maximum absolute atomic E-state index is 4.19. The van der Waals surface area contributed by atoms with Gasteiger partial charge in [0.05, 0.1) is 6.20 Å². The van der Waals surface area contributed by atoms with E-state index < -0.39 is 0 Å². The minimum atomic E-state index is 0.156. The van der Waals surface area contributed by atoms with Crippen molar-refractivity contribution in [1.82, 2.24) is 15.1 Å². The van der Waals surface area contributed by atoms with Gasteiger partial charge in [-0.1, -0.05) is 25.5 Å². The first-order valence-corrected chi connectivity index (χ1v) is 6.22. The van der Waals surface area contributed by atoms with Crippen LogP contribution in [0.4, 0.5) is 0 Å². The monoisotopic (exact) mass is 235 g/mol. The van der Waals surface area contributed by atoms with Crippen LogP contribution in [0.25, 0.3) is 6.08 Å². The summed E-state index contributed by atoms with van der Waals surface area (Å²) < 4.78 is 1.83. The average molecular weight is 235 g/mol. The van der Waals surface area contributed by atoms with Gasteiger partial charge in [0.15, 0.2) is 0 Å². The van der Waals surface area contributed by atoms with E-state index in [-0.39, 0.29) is 5.54 Å². The smallest absolute Gasteiger partial charge is 0.0562 e. The second kappa shape index (κ2) is 5.50. The number of hydrogen-bond acceptors (Lipinski definition) is 2. The number of nitrogens with one attached hydrogen (secondary N) is 1. The third kappa shape index (κ3) is 5.18. The predicted molar refractivity (Wildman–Crippen MR) is 73.8 cm³/mol. The highest BCUT2D eigenvalue weighted by molar-refractivity contribution is 5.51. The minimum absolute atomic E-state index is 0.156. The van der Waals surface area contributed by atoms with E-state index in [1.807, 2.05) is 24.1 Å². The topological polar surface area (TPSA) is 29.9 Å². The Bertz CT molecular complexity index is 380. The molecule has 1 aromatic rings. The molecule has 0 aromatic carbocycles. The Morgan fingerprint density at radius 1 is 1.47 bits per heavy atom. The Kier molecular flexibility index (Phi) is 4.52. The van der Waals surface area contributed by atoms with Crippen LogP contribution in [0, 0.1) is 5.92 Å². The van der Waals surface area contributed by atoms with Gasteiger partial charge in [-0.25, -0.2) is 0 Å². The van der Waals surface area contributed by atoms with Crippen molar-refractivity contribution in [3.05, 3.63) is 23.5 Å². The summed E-state index contributed by atoms with van der Waals surface area (Å²) in [5, 5.41) is 7.72. The zero-order valence-electron chi connectivity index (χ0n) is 11.9. The van der Waals surface area contributed by atoms with Gasteiger partial charge in [0, 0.05) is 30.9 Å². The summed E-state index contributed by atoms with van der Waals surface area (Å²) in [5.41, 5.74) is 2.74. The van der Waals surface area contributed by atoms with Crippen molar-refractivity contribution in [2.45, 2.75) is 40.2 Å². The molecule has 96 valence electrons. The Balaban J connectivity index is 2.76. The van der Waals surface area contributed by atoms with Gasteiger partial charge >= 0.3 is 0 Å². The van der Waals surface area contributed by atoms with Crippen LogP contribution in [0.1, 0.15) is 40.2 Å². The van der Waals surface area contributed by atoms with E-state index in [0.717, 1.165) is 6.54 Å². The highest BCUT2D eigenvalue weighted by Gasteiger charge is 2.11. The molecule has 3 heteroatoms. The molecule has 1 heterocycles. The molecule has 0 atom stereocenters. The quantitative estimate of drug-likeness (QED) is 0.869. The summed E-state index contributed by atoms with van der Waals surface area (Å²) in [6.07, 6.45) is 6.18. The van der Waals surface area contributed by atoms with Gasteiger partial charge in [0.1, 0.15) is 0 Å². The van der Waals surface area contributed by atoms with Gasteiger partial charge in [0.2, 0.25) is 0 Å². The lowest BCUT2D eigenvalue weighted by molar-refractivity contribution is 0.437. The number of rotatable bonds is 4. The molecule has 0 radical (unpaired) electrons. The first-order valence-electron chi connectivity index (χ1n) is 6.22. The lowest BCUT2D eigenvalue weighted by atomic mass is 9.99. The van der Waals surface area contributed by atoms with Crippen LogP contribution in [0.2, 0.25) is 0 Å². The molecule has 0 aliphatic rings. The predicted octanol–water partition coefficient (Wildman–Crippen LogP) is 2.85. The summed E-state index contributed by atoms with van der Waals surface area (Å²) in [6, 6.07) is 0. The second-order valence-corrected chi connectivity index (χ2v) is 5.92. The van der Waals surface area contributed by atoms with Crippen LogP contribution in [0.15, 0.2) is 18.0 Å². The fourth-order valence-electron chi connectivity index (χ4n) is 1.52. The highest BCUT2D eigenvalue weighted by atomic mass is 15.2. The molecule has 0 unspecified atom stereocenters. The molecular formula is C14H25N3. The molecule has 0 bridgehead atoms. The molecule has 0 aliphatic carbocycles. The van der Waals surface area contributed by atoms with Crippen LogP contribution < -0.4 is 5.32 Å². The molecule has 0 fully saturated rings. The zero-order valence-corrected chi connectivity index (χ0v) is 11.9. The molecule has 0 spiro atoms. The van der Waals surface area contributed by atoms with Crippen LogP contribution in [-0.4, -0.2) is 21.9 Å². The first kappa shape index (κ1) is 14.0. The maximum Gasteiger partial charge on any atom is 0.0562 e. The number of nitrogens with zero attached hydrogens (tertiary/aromatic N) is 2. The number of aryl methyl sites for hydroxylation is 1. The Labute approximate surface area is 105 Å². The van der Waals surface area contributed by atoms with Crippen LogP contribution in [0.3, 0.4) is 0 Å². The highest BCUT2D eigenvalue weighted by Crippen LogP contribution is 2.14. The standard InChI is InChI=1S/C14H25N3/c1-11(2)13(9-15-14(3,4)5)7-12-8-16-17(6)10-12/h7-8,10-11,15H,9H2,1-6H3. The normalized spacial score (nSPS) is 13.5. The third-order valence-electron chi connectivity index (χ3n) is 2.64. The fourth-order valence-corrected chi connectivity index (χ4v) is 1.52. The fraction of sp³-hybridized carbons (Fsp3) is 0.643. The van der Waals surface area contributed by atoms with E-state index in [0.29, 0.717) is 5.92 Å². The zero-order chi connectivity index (χ0) is 13.1. The molecule has 3 nitrogen and oxygen atoms in total. The lowest BCUT2D eigenvalue weighted by Crippen LogP contribution is -2.37. The van der Waals surface area contributed by atoms with Gasteiger partial charge in [-0.15, -0.1) is 0 Å². The maximum atomic E-state index is 4.19. The molecule has 0 saturated carbocycles. The number of hydrogen-bond donors (Lipinski definition) is 1. The van der Waals surface area contributed by atoms with Crippen molar-refractivity contribution in [2.24, 2.45) is 13.0 Å². The van der Waals surface area contributed by atoms with Gasteiger partial charge in [-0.3, -0.25) is 4.68 Å². The van der Waals surface area contributed by atoms with Gasteiger partial charge < -0.3 is 5.32 Å². The van der Waals surface area contributed by atoms with Crippen LogP contribution in [0.5, 0.6) is 0 Å². The van der Waals surface area contributed by atoms with E-state index in [2.05, 4.69) is 51.1 Å². The molecule has 1 N–H and O–H groups in total. The summed E-state index contributed by atoms with van der Waals surface area (Å²) in [6.45, 7) is 12.0. The van der Waals surface area contributed by atoms with Crippen LogP contribution in [-0.2, 0) is 7.05 Å². The summed E-state index contributed by atoms with van der Waals surface area (Å²) in [4.78, 5) is 0. The first-order chi connectivity index (χ1) is 7.78. The van der Waals surface area contributed by atoms with E-state index in [1.165, 1.54) is 11.1 Å². The van der Waals surface area contributed by atoms with Gasteiger partial charge in [-0.05, 0) is 26.7 Å². The summed E-state index contributed by atoms with van der Waals surface area (Å²) in [5.74, 6) is 0.546. The molecule has 1 aromatic heterocycles.